The first-order chi connectivity index (χ1) is 8.38. The van der Waals surface area contributed by atoms with Gasteiger partial charge >= 0.3 is 0 Å². The maximum Gasteiger partial charge on any atom is 0.242 e. The zero-order chi connectivity index (χ0) is 13.3. The highest BCUT2D eigenvalue weighted by Gasteiger charge is 2.34. The van der Waals surface area contributed by atoms with Gasteiger partial charge in [0.2, 0.25) is 5.91 Å². The van der Waals surface area contributed by atoms with E-state index in [0.29, 0.717) is 17.6 Å². The zero-order valence-electron chi connectivity index (χ0n) is 10.5. The first kappa shape index (κ1) is 13.5. The molecule has 0 spiro atoms. The van der Waals surface area contributed by atoms with Crippen molar-refractivity contribution in [2.75, 3.05) is 13.1 Å². The highest BCUT2D eigenvalue weighted by molar-refractivity contribution is 9.10. The normalized spacial score (nSPS) is 19.1. The Kier molecular flexibility index (Phi) is 3.73. The fourth-order valence-electron chi connectivity index (χ4n) is 2.15. The monoisotopic (exact) mass is 314 g/mol. The summed E-state index contributed by atoms with van der Waals surface area (Å²) >= 11 is 3.26. The summed E-state index contributed by atoms with van der Waals surface area (Å²) in [6, 6.07) is 4.71. The minimum atomic E-state index is -0.539. The molecule has 1 amide bonds. The average molecular weight is 315 g/mol. The van der Waals surface area contributed by atoms with E-state index in [1.165, 1.54) is 12.1 Å². The van der Waals surface area contributed by atoms with Gasteiger partial charge in [-0.25, -0.2) is 4.39 Å². The number of hydrogen-bond donors (Lipinski definition) is 1. The Morgan fingerprint density at radius 3 is 2.83 bits per heavy atom. The van der Waals surface area contributed by atoms with Crippen LogP contribution >= 0.6 is 15.9 Å². The van der Waals surface area contributed by atoms with Crippen LogP contribution in [0.15, 0.2) is 22.7 Å². The van der Waals surface area contributed by atoms with E-state index >= 15 is 0 Å². The summed E-state index contributed by atoms with van der Waals surface area (Å²) in [4.78, 5) is 13.9. The maximum atomic E-state index is 13.3. The van der Waals surface area contributed by atoms with Crippen molar-refractivity contribution in [3.8, 4) is 0 Å². The van der Waals surface area contributed by atoms with Crippen LogP contribution in [0.4, 0.5) is 4.39 Å². The van der Waals surface area contributed by atoms with E-state index < -0.39 is 5.54 Å². The van der Waals surface area contributed by atoms with Gasteiger partial charge in [0.05, 0.1) is 5.54 Å². The van der Waals surface area contributed by atoms with E-state index in [2.05, 4.69) is 21.2 Å². The largest absolute Gasteiger partial charge is 0.336 e. The van der Waals surface area contributed by atoms with Crippen LogP contribution in [0.3, 0.4) is 0 Å². The lowest BCUT2D eigenvalue weighted by atomic mass is 10.0. The molecule has 1 heterocycles. The van der Waals surface area contributed by atoms with Gasteiger partial charge in [-0.2, -0.15) is 0 Å². The number of hydrogen-bond acceptors (Lipinski definition) is 2. The second kappa shape index (κ2) is 4.97. The Bertz CT molecular complexity index is 456. The molecule has 0 atom stereocenters. The summed E-state index contributed by atoms with van der Waals surface area (Å²) in [6.07, 6.45) is 0. The fourth-order valence-corrected chi connectivity index (χ4v) is 2.66. The number of rotatable bonds is 2. The third-order valence-electron chi connectivity index (χ3n) is 3.07. The van der Waals surface area contributed by atoms with E-state index in [-0.39, 0.29) is 11.7 Å². The van der Waals surface area contributed by atoms with Gasteiger partial charge in [0.15, 0.2) is 0 Å². The fraction of sp³-hybridized carbons (Fsp3) is 0.462. The number of piperazine rings is 1. The molecule has 1 saturated heterocycles. The van der Waals surface area contributed by atoms with Crippen molar-refractivity contribution in [1.82, 2.24) is 10.2 Å². The van der Waals surface area contributed by atoms with Crippen molar-refractivity contribution in [2.45, 2.75) is 25.9 Å². The van der Waals surface area contributed by atoms with Gasteiger partial charge in [-0.15, -0.1) is 0 Å². The van der Waals surface area contributed by atoms with E-state index in [0.717, 1.165) is 12.1 Å². The van der Waals surface area contributed by atoms with Crippen LogP contribution in [0.1, 0.15) is 19.4 Å². The van der Waals surface area contributed by atoms with Crippen LogP contribution in [0.2, 0.25) is 0 Å². The Morgan fingerprint density at radius 1 is 1.44 bits per heavy atom. The van der Waals surface area contributed by atoms with Crippen LogP contribution < -0.4 is 5.32 Å². The molecule has 2 rings (SSSR count). The molecule has 0 bridgehead atoms. The Balaban J connectivity index is 2.16. The van der Waals surface area contributed by atoms with Gasteiger partial charge in [-0.1, -0.05) is 15.9 Å². The van der Waals surface area contributed by atoms with Gasteiger partial charge < -0.3 is 10.2 Å². The van der Waals surface area contributed by atoms with E-state index in [1.54, 1.807) is 4.90 Å². The lowest BCUT2D eigenvalue weighted by Gasteiger charge is -2.38. The van der Waals surface area contributed by atoms with Crippen LogP contribution in [0.25, 0.3) is 0 Å². The quantitative estimate of drug-likeness (QED) is 0.908. The predicted molar refractivity (Wildman–Crippen MR) is 71.6 cm³/mol. The molecule has 98 valence electrons. The highest BCUT2D eigenvalue weighted by atomic mass is 79.9. The molecule has 1 aliphatic rings. The Labute approximate surface area is 114 Å². The topological polar surface area (TPSA) is 32.3 Å². The van der Waals surface area contributed by atoms with Crippen molar-refractivity contribution in [1.29, 1.82) is 0 Å². The molecule has 0 radical (unpaired) electrons. The van der Waals surface area contributed by atoms with Crippen molar-refractivity contribution >= 4 is 21.8 Å². The first-order valence-corrected chi connectivity index (χ1v) is 6.67. The molecule has 0 saturated carbocycles. The minimum Gasteiger partial charge on any atom is -0.336 e. The summed E-state index contributed by atoms with van der Waals surface area (Å²) in [7, 11) is 0. The van der Waals surface area contributed by atoms with Crippen LogP contribution in [-0.2, 0) is 11.3 Å². The van der Waals surface area contributed by atoms with Crippen molar-refractivity contribution < 1.29 is 9.18 Å². The molecule has 0 unspecified atom stereocenters. The van der Waals surface area contributed by atoms with Crippen molar-refractivity contribution in [3.63, 3.8) is 0 Å². The lowest BCUT2D eigenvalue weighted by Crippen LogP contribution is -2.60. The van der Waals surface area contributed by atoms with Gasteiger partial charge in [-0.3, -0.25) is 4.79 Å². The molecular formula is C13H16BrFN2O. The Hall–Kier alpha value is -0.940. The lowest BCUT2D eigenvalue weighted by molar-refractivity contribution is -0.140. The van der Waals surface area contributed by atoms with Gasteiger partial charge in [0.1, 0.15) is 5.82 Å². The third kappa shape index (κ3) is 2.90. The average Bonchev–Trinajstić information content (AvgIpc) is 2.23. The third-order valence-corrected chi connectivity index (χ3v) is 3.52. The van der Waals surface area contributed by atoms with Crippen molar-refractivity contribution in [2.24, 2.45) is 0 Å². The number of amides is 1. The summed E-state index contributed by atoms with van der Waals surface area (Å²) in [5, 5.41) is 3.17. The summed E-state index contributed by atoms with van der Waals surface area (Å²) < 4.78 is 14.0. The molecule has 18 heavy (non-hydrogen) atoms. The number of benzene rings is 1. The number of nitrogens with zero attached hydrogens (tertiary/aromatic N) is 1. The summed E-state index contributed by atoms with van der Waals surface area (Å²) in [5.41, 5.74) is 0.260. The molecule has 3 nitrogen and oxygen atoms in total. The van der Waals surface area contributed by atoms with Gasteiger partial charge in [0.25, 0.3) is 0 Å². The molecule has 1 aromatic rings. The smallest absolute Gasteiger partial charge is 0.242 e. The molecule has 0 aliphatic carbocycles. The molecular weight excluding hydrogens is 299 g/mol. The van der Waals surface area contributed by atoms with Crippen LogP contribution in [-0.4, -0.2) is 29.4 Å². The van der Waals surface area contributed by atoms with E-state index in [4.69, 9.17) is 0 Å². The molecule has 1 N–H and O–H groups in total. The molecule has 5 heteroatoms. The molecule has 1 fully saturated rings. The molecule has 1 aliphatic heterocycles. The van der Waals surface area contributed by atoms with E-state index in [1.807, 2.05) is 19.9 Å². The number of carbonyl (C=O) groups excluding carboxylic acids is 1. The molecule has 0 aromatic heterocycles. The van der Waals surface area contributed by atoms with Crippen LogP contribution in [0.5, 0.6) is 0 Å². The molecule has 1 aromatic carbocycles. The van der Waals surface area contributed by atoms with Gasteiger partial charge in [0, 0.05) is 24.1 Å². The maximum absolute atomic E-state index is 13.3. The number of nitrogens with one attached hydrogen (secondary N) is 1. The number of halogens is 2. The summed E-state index contributed by atoms with van der Waals surface area (Å²) in [6.45, 7) is 5.58. The minimum absolute atomic E-state index is 0.0501. The SMILES string of the molecule is CC1(C)NCCN(Cc2cc(F)cc(Br)c2)C1=O. The predicted octanol–water partition coefficient (Wildman–Crippen LogP) is 2.30. The summed E-state index contributed by atoms with van der Waals surface area (Å²) in [5.74, 6) is -0.240. The number of carbonyl (C=O) groups is 1. The van der Waals surface area contributed by atoms with E-state index in [9.17, 15) is 9.18 Å². The standard InChI is InChI=1S/C13H16BrFN2O/c1-13(2)12(18)17(4-3-16-13)8-9-5-10(14)7-11(15)6-9/h5-7,16H,3-4,8H2,1-2H3. The first-order valence-electron chi connectivity index (χ1n) is 5.88. The zero-order valence-corrected chi connectivity index (χ0v) is 12.1. The second-order valence-corrected chi connectivity index (χ2v) is 5.97. The Morgan fingerprint density at radius 2 is 2.17 bits per heavy atom. The second-order valence-electron chi connectivity index (χ2n) is 5.06. The van der Waals surface area contributed by atoms with Gasteiger partial charge in [-0.05, 0) is 37.6 Å². The van der Waals surface area contributed by atoms with Crippen LogP contribution in [0, 0.1) is 5.82 Å². The highest BCUT2D eigenvalue weighted by Crippen LogP contribution is 2.19. The van der Waals surface area contributed by atoms with Crippen molar-refractivity contribution in [3.05, 3.63) is 34.1 Å².